The zero-order valence-electron chi connectivity index (χ0n) is 15.1. The number of nitrogens with zero attached hydrogens (tertiary/aromatic N) is 1. The number of carbonyl (C=O) groups is 2. The second-order valence-corrected chi connectivity index (χ2v) is 6.17. The van der Waals surface area contributed by atoms with E-state index in [9.17, 15) is 9.59 Å². The van der Waals surface area contributed by atoms with Crippen LogP contribution in [0.2, 0.25) is 0 Å². The molecule has 0 atom stereocenters. The molecule has 25 heavy (non-hydrogen) atoms. The van der Waals surface area contributed by atoms with Crippen molar-refractivity contribution in [1.82, 2.24) is 4.90 Å². The Hall–Kier alpha value is -2.82. The molecule has 2 amide bonds. The van der Waals surface area contributed by atoms with Crippen molar-refractivity contribution in [3.05, 3.63) is 59.2 Å². The van der Waals surface area contributed by atoms with Crippen molar-refractivity contribution in [1.29, 1.82) is 0 Å². The fourth-order valence-electron chi connectivity index (χ4n) is 2.28. The number of carbonyl (C=O) groups excluding carboxylic acids is 2. The van der Waals surface area contributed by atoms with E-state index >= 15 is 0 Å². The molecular weight excluding hydrogens is 316 g/mol. The smallest absolute Gasteiger partial charge is 0.253 e. The van der Waals surface area contributed by atoms with Crippen LogP contribution in [0.4, 0.5) is 5.69 Å². The Labute approximate surface area is 148 Å². The number of amides is 2. The SMILES string of the molecule is Cc1ccc(OCCC(=O)Nc2cccc(C(=O)N(C)C)c2)cc1C. The van der Waals surface area contributed by atoms with Crippen molar-refractivity contribution < 1.29 is 14.3 Å². The van der Waals surface area contributed by atoms with Crippen LogP contribution in [-0.2, 0) is 4.79 Å². The van der Waals surface area contributed by atoms with Crippen molar-refractivity contribution in [3.8, 4) is 5.75 Å². The van der Waals surface area contributed by atoms with Crippen LogP contribution in [0.3, 0.4) is 0 Å². The molecule has 0 unspecified atom stereocenters. The van der Waals surface area contributed by atoms with Gasteiger partial charge in [-0.05, 0) is 55.3 Å². The second-order valence-electron chi connectivity index (χ2n) is 6.17. The van der Waals surface area contributed by atoms with Gasteiger partial charge in [0.2, 0.25) is 5.91 Å². The van der Waals surface area contributed by atoms with Crippen LogP contribution < -0.4 is 10.1 Å². The summed E-state index contributed by atoms with van der Waals surface area (Å²) in [5.74, 6) is 0.502. The number of hydrogen-bond acceptors (Lipinski definition) is 3. The molecule has 5 heteroatoms. The molecule has 2 rings (SSSR count). The minimum Gasteiger partial charge on any atom is -0.493 e. The molecule has 0 saturated carbocycles. The number of anilines is 1. The summed E-state index contributed by atoms with van der Waals surface area (Å²) in [4.78, 5) is 25.5. The molecule has 0 heterocycles. The van der Waals surface area contributed by atoms with Crippen LogP contribution in [0.25, 0.3) is 0 Å². The van der Waals surface area contributed by atoms with E-state index in [1.807, 2.05) is 32.0 Å². The van der Waals surface area contributed by atoms with E-state index < -0.39 is 0 Å². The van der Waals surface area contributed by atoms with Crippen molar-refractivity contribution in [3.63, 3.8) is 0 Å². The van der Waals surface area contributed by atoms with Crippen LogP contribution in [-0.4, -0.2) is 37.4 Å². The molecule has 1 N–H and O–H groups in total. The number of aryl methyl sites for hydroxylation is 2. The van der Waals surface area contributed by atoms with Gasteiger partial charge in [0.1, 0.15) is 5.75 Å². The van der Waals surface area contributed by atoms with E-state index in [-0.39, 0.29) is 18.2 Å². The van der Waals surface area contributed by atoms with E-state index in [1.54, 1.807) is 38.4 Å². The maximum atomic E-state index is 12.1. The van der Waals surface area contributed by atoms with Gasteiger partial charge in [0, 0.05) is 25.3 Å². The molecule has 0 aliphatic carbocycles. The highest BCUT2D eigenvalue weighted by Crippen LogP contribution is 2.17. The lowest BCUT2D eigenvalue weighted by Crippen LogP contribution is -2.22. The van der Waals surface area contributed by atoms with Gasteiger partial charge in [-0.2, -0.15) is 0 Å². The van der Waals surface area contributed by atoms with E-state index in [2.05, 4.69) is 5.32 Å². The number of rotatable bonds is 6. The zero-order chi connectivity index (χ0) is 18.4. The second kappa shape index (κ2) is 8.33. The monoisotopic (exact) mass is 340 g/mol. The molecular formula is C20H24N2O3. The average molecular weight is 340 g/mol. The molecule has 2 aromatic rings. The van der Waals surface area contributed by atoms with Gasteiger partial charge in [-0.3, -0.25) is 9.59 Å². The van der Waals surface area contributed by atoms with E-state index in [0.29, 0.717) is 17.9 Å². The zero-order valence-corrected chi connectivity index (χ0v) is 15.1. The van der Waals surface area contributed by atoms with Crippen LogP contribution >= 0.6 is 0 Å². The van der Waals surface area contributed by atoms with Gasteiger partial charge in [-0.25, -0.2) is 0 Å². The van der Waals surface area contributed by atoms with Crippen LogP contribution in [0.1, 0.15) is 27.9 Å². The lowest BCUT2D eigenvalue weighted by Gasteiger charge is -2.12. The third-order valence-electron chi connectivity index (χ3n) is 3.88. The minimum atomic E-state index is -0.154. The van der Waals surface area contributed by atoms with Gasteiger partial charge in [-0.1, -0.05) is 12.1 Å². The Bertz CT molecular complexity index is 769. The van der Waals surface area contributed by atoms with E-state index in [4.69, 9.17) is 4.74 Å². The van der Waals surface area contributed by atoms with Crippen molar-refractivity contribution in [2.24, 2.45) is 0 Å². The summed E-state index contributed by atoms with van der Waals surface area (Å²) in [6.07, 6.45) is 0.235. The summed E-state index contributed by atoms with van der Waals surface area (Å²) < 4.78 is 5.62. The fraction of sp³-hybridized carbons (Fsp3) is 0.300. The van der Waals surface area contributed by atoms with Gasteiger partial charge in [0.05, 0.1) is 13.0 Å². The Morgan fingerprint density at radius 2 is 1.80 bits per heavy atom. The van der Waals surface area contributed by atoms with Gasteiger partial charge in [-0.15, -0.1) is 0 Å². The standard InChI is InChI=1S/C20H24N2O3/c1-14-8-9-18(12-15(14)2)25-11-10-19(23)21-17-7-5-6-16(13-17)20(24)22(3)4/h5-9,12-13H,10-11H2,1-4H3,(H,21,23). The predicted octanol–water partition coefficient (Wildman–Crippen LogP) is 3.41. The minimum absolute atomic E-state index is 0.103. The largest absolute Gasteiger partial charge is 0.493 e. The summed E-state index contributed by atoms with van der Waals surface area (Å²) in [6.45, 7) is 4.36. The summed E-state index contributed by atoms with van der Waals surface area (Å²) in [6, 6.07) is 12.8. The van der Waals surface area contributed by atoms with Crippen LogP contribution in [0.5, 0.6) is 5.75 Å². The Morgan fingerprint density at radius 1 is 1.04 bits per heavy atom. The highest BCUT2D eigenvalue weighted by molar-refractivity contribution is 5.97. The average Bonchev–Trinajstić information content (AvgIpc) is 2.57. The molecule has 0 aliphatic rings. The van der Waals surface area contributed by atoms with Gasteiger partial charge >= 0.3 is 0 Å². The van der Waals surface area contributed by atoms with E-state index in [1.165, 1.54) is 10.5 Å². The van der Waals surface area contributed by atoms with Crippen molar-refractivity contribution in [2.75, 3.05) is 26.0 Å². The maximum Gasteiger partial charge on any atom is 0.253 e. The Balaban J connectivity index is 1.87. The summed E-state index contributed by atoms with van der Waals surface area (Å²) >= 11 is 0. The van der Waals surface area contributed by atoms with Gasteiger partial charge in [0.15, 0.2) is 0 Å². The van der Waals surface area contributed by atoms with Gasteiger partial charge in [0.25, 0.3) is 5.91 Å². The quantitative estimate of drug-likeness (QED) is 0.877. The third kappa shape index (κ3) is 5.35. The van der Waals surface area contributed by atoms with E-state index in [0.717, 1.165) is 11.3 Å². The Morgan fingerprint density at radius 3 is 2.48 bits per heavy atom. The number of benzene rings is 2. The number of hydrogen-bond donors (Lipinski definition) is 1. The highest BCUT2D eigenvalue weighted by Gasteiger charge is 2.09. The molecule has 0 bridgehead atoms. The summed E-state index contributed by atoms with van der Waals surface area (Å²) in [5.41, 5.74) is 3.50. The Kier molecular flexibility index (Phi) is 6.17. The van der Waals surface area contributed by atoms with Crippen molar-refractivity contribution >= 4 is 17.5 Å². The molecule has 0 aromatic heterocycles. The number of ether oxygens (including phenoxy) is 1. The first-order valence-electron chi connectivity index (χ1n) is 8.18. The molecule has 5 nitrogen and oxygen atoms in total. The fourth-order valence-corrected chi connectivity index (χ4v) is 2.28. The first-order chi connectivity index (χ1) is 11.9. The van der Waals surface area contributed by atoms with Crippen molar-refractivity contribution in [2.45, 2.75) is 20.3 Å². The lowest BCUT2D eigenvalue weighted by atomic mass is 10.1. The molecule has 2 aromatic carbocycles. The number of nitrogens with one attached hydrogen (secondary N) is 1. The molecule has 132 valence electrons. The van der Waals surface area contributed by atoms with Gasteiger partial charge < -0.3 is 15.0 Å². The first-order valence-corrected chi connectivity index (χ1v) is 8.18. The molecule has 0 saturated heterocycles. The lowest BCUT2D eigenvalue weighted by molar-refractivity contribution is -0.116. The molecule has 0 aliphatic heterocycles. The third-order valence-corrected chi connectivity index (χ3v) is 3.88. The highest BCUT2D eigenvalue weighted by atomic mass is 16.5. The molecule has 0 radical (unpaired) electrons. The summed E-state index contributed by atoms with van der Waals surface area (Å²) in [7, 11) is 3.38. The molecule has 0 fully saturated rings. The normalized spacial score (nSPS) is 10.2. The van der Waals surface area contributed by atoms with Crippen LogP contribution in [0.15, 0.2) is 42.5 Å². The maximum absolute atomic E-state index is 12.1. The summed E-state index contributed by atoms with van der Waals surface area (Å²) in [5, 5.41) is 2.79. The topological polar surface area (TPSA) is 58.6 Å². The predicted molar refractivity (Wildman–Crippen MR) is 99.1 cm³/mol. The molecule has 0 spiro atoms. The first kappa shape index (κ1) is 18.5. The van der Waals surface area contributed by atoms with Crippen LogP contribution in [0, 0.1) is 13.8 Å².